The molecule has 5 rings (SSSR count). The Bertz CT molecular complexity index is 1000. The lowest BCUT2D eigenvalue weighted by atomic mass is 9.38. The summed E-state index contributed by atoms with van der Waals surface area (Å²) in [6.45, 7) is 33.9. The zero-order valence-corrected chi connectivity index (χ0v) is 32.8. The van der Waals surface area contributed by atoms with Gasteiger partial charge in [-0.1, -0.05) is 74.7 Å². The van der Waals surface area contributed by atoms with Gasteiger partial charge in [-0.25, -0.2) is 0 Å². The lowest BCUT2D eigenvalue weighted by molar-refractivity contribution is -0.130. The highest BCUT2D eigenvalue weighted by atomic mass is 28.4. The molecule has 10 atom stereocenters. The van der Waals surface area contributed by atoms with Gasteiger partial charge in [-0.2, -0.15) is 0 Å². The molecule has 0 aromatic rings. The van der Waals surface area contributed by atoms with Crippen LogP contribution in [-0.2, 0) is 13.7 Å². The van der Waals surface area contributed by atoms with Crippen LogP contribution in [0.4, 0.5) is 0 Å². The van der Waals surface area contributed by atoms with Gasteiger partial charge in [-0.15, -0.1) is 0 Å². The van der Waals surface area contributed by atoms with Crippen LogP contribution in [0.5, 0.6) is 0 Å². The quantitative estimate of drug-likeness (QED) is 0.250. The highest BCUT2D eigenvalue weighted by Gasteiger charge is 2.66. The summed E-state index contributed by atoms with van der Waals surface area (Å²) in [4.78, 5) is 0. The summed E-state index contributed by atoms with van der Waals surface area (Å²) in [5, 5.41) is 0.245. The predicted molar refractivity (Wildman–Crippen MR) is 190 cm³/mol. The Labute approximate surface area is 275 Å². The van der Waals surface area contributed by atoms with Gasteiger partial charge in [0, 0.05) is 6.10 Å². The predicted octanol–water partition coefficient (Wildman–Crippen LogP) is 11.6. The zero-order valence-electron chi connectivity index (χ0n) is 31.8. The first-order valence-electron chi connectivity index (χ1n) is 19.2. The van der Waals surface area contributed by atoms with Crippen LogP contribution in [0.25, 0.3) is 0 Å². The molecule has 0 spiro atoms. The van der Waals surface area contributed by atoms with Gasteiger partial charge in [0.25, 0.3) is 0 Å². The smallest absolute Gasteiger partial charge is 0.414 e. The second-order valence-corrected chi connectivity index (χ2v) is 25.1. The lowest BCUT2D eigenvalue weighted by Crippen LogP contribution is -2.58. The molecule has 0 aromatic carbocycles. The average molecular weight is 629 g/mol. The normalized spacial score (nSPS) is 42.6. The van der Waals surface area contributed by atoms with Gasteiger partial charge >= 0.3 is 7.12 Å². The van der Waals surface area contributed by atoms with Gasteiger partial charge in [0.15, 0.2) is 8.32 Å². The van der Waals surface area contributed by atoms with Crippen molar-refractivity contribution in [1.29, 1.82) is 0 Å². The monoisotopic (exact) mass is 629 g/mol. The number of fused-ring (bicyclic) bond motifs is 5. The maximum Gasteiger partial charge on any atom is 0.461 e. The first kappa shape index (κ1) is 35.5. The van der Waals surface area contributed by atoms with Crippen LogP contribution in [0, 0.1) is 52.3 Å². The number of rotatable bonds is 8. The summed E-state index contributed by atoms with van der Waals surface area (Å²) in [7, 11) is -1.93. The maximum absolute atomic E-state index is 7.20. The Morgan fingerprint density at radius 2 is 1.36 bits per heavy atom. The molecule has 5 aliphatic rings. The third-order valence-electron chi connectivity index (χ3n) is 15.8. The molecule has 3 nitrogen and oxygen atoms in total. The summed E-state index contributed by atoms with van der Waals surface area (Å²) in [6.07, 6.45) is 15.4. The molecule has 0 unspecified atom stereocenters. The molecule has 0 bridgehead atoms. The SMILES string of the molecule is CC(C)CCC[C@@H](C)[C@H]1CC[C@H]2[C@@H]3C[C@H](B4OC(C)(C)C(C)(C)O4)[C@@H]4C[C@@H](O[Si](C)(C)C(C)(C)C)CC[C@]4(C)[C@H]3CC[C@]12C. The maximum atomic E-state index is 7.20. The minimum Gasteiger partial charge on any atom is -0.414 e. The molecule has 4 saturated carbocycles. The standard InChI is InChI=1S/C39H73BO3Si/c1-26(2)16-15-17-27(3)30-18-19-31-29-25-34(40-42-36(7,8)37(9,10)43-40)33-24-28(41-44(13,14)35(4,5)6)20-22-39(33,12)32(29)21-23-38(30,31)11/h26-34H,15-25H2,1-14H3/t27-,28+,29+,30-,31+,32+,33+,34+,38-,39-/m1/s1. The van der Waals surface area contributed by atoms with E-state index < -0.39 is 8.32 Å². The summed E-state index contributed by atoms with van der Waals surface area (Å²) in [6, 6.07) is 0. The van der Waals surface area contributed by atoms with Gasteiger partial charge in [-0.05, 0) is 155 Å². The van der Waals surface area contributed by atoms with Crippen molar-refractivity contribution in [2.75, 3.05) is 0 Å². The van der Waals surface area contributed by atoms with Gasteiger partial charge in [0.05, 0.1) is 11.2 Å². The van der Waals surface area contributed by atoms with Gasteiger partial charge in [0.2, 0.25) is 0 Å². The van der Waals surface area contributed by atoms with E-state index in [9.17, 15) is 0 Å². The summed E-state index contributed by atoms with van der Waals surface area (Å²) in [5.74, 6) is 6.16. The number of hydrogen-bond acceptors (Lipinski definition) is 3. The summed E-state index contributed by atoms with van der Waals surface area (Å²) >= 11 is 0. The minimum absolute atomic E-state index is 0.0998. The highest BCUT2D eigenvalue weighted by Crippen LogP contribution is 2.71. The van der Waals surface area contributed by atoms with Crippen molar-refractivity contribution >= 4 is 15.4 Å². The Balaban J connectivity index is 1.43. The molecule has 0 aromatic heterocycles. The van der Waals surface area contributed by atoms with E-state index in [-0.39, 0.29) is 23.4 Å². The Morgan fingerprint density at radius 1 is 0.773 bits per heavy atom. The minimum atomic E-state index is -1.83. The van der Waals surface area contributed by atoms with Crippen molar-refractivity contribution in [3.8, 4) is 0 Å². The van der Waals surface area contributed by atoms with E-state index in [1.165, 1.54) is 70.6 Å². The van der Waals surface area contributed by atoms with Crippen molar-refractivity contribution < 1.29 is 13.7 Å². The Hall–Kier alpha value is 0.162. The average Bonchev–Trinajstić information content (AvgIpc) is 3.34. The van der Waals surface area contributed by atoms with Gasteiger partial charge in [0.1, 0.15) is 0 Å². The molecule has 44 heavy (non-hydrogen) atoms. The molecule has 254 valence electrons. The Morgan fingerprint density at radius 3 is 1.95 bits per heavy atom. The van der Waals surface area contributed by atoms with Crippen LogP contribution < -0.4 is 0 Å². The van der Waals surface area contributed by atoms with Crippen LogP contribution in [0.3, 0.4) is 0 Å². The molecular weight excluding hydrogens is 555 g/mol. The fourth-order valence-corrected chi connectivity index (χ4v) is 12.9. The van der Waals surface area contributed by atoms with Crippen molar-refractivity contribution in [2.45, 2.75) is 195 Å². The van der Waals surface area contributed by atoms with Gasteiger partial charge < -0.3 is 13.7 Å². The molecule has 1 aliphatic heterocycles. The summed E-state index contributed by atoms with van der Waals surface area (Å²) in [5.41, 5.74) is 0.306. The van der Waals surface area contributed by atoms with Crippen molar-refractivity contribution in [1.82, 2.24) is 0 Å². The van der Waals surface area contributed by atoms with E-state index in [2.05, 4.69) is 96.2 Å². The first-order valence-corrected chi connectivity index (χ1v) is 22.1. The second-order valence-electron chi connectivity index (χ2n) is 20.3. The van der Waals surface area contributed by atoms with Crippen LogP contribution in [0.15, 0.2) is 0 Å². The van der Waals surface area contributed by atoms with Crippen LogP contribution >= 0.6 is 0 Å². The van der Waals surface area contributed by atoms with E-state index in [4.69, 9.17) is 13.7 Å². The topological polar surface area (TPSA) is 27.7 Å². The lowest BCUT2D eigenvalue weighted by Gasteiger charge is -2.64. The zero-order chi connectivity index (χ0) is 32.7. The molecule has 0 N–H and O–H groups in total. The number of hydrogen-bond donors (Lipinski definition) is 0. The van der Waals surface area contributed by atoms with E-state index in [0.717, 1.165) is 35.5 Å². The van der Waals surface area contributed by atoms with E-state index in [1.54, 1.807) is 0 Å². The van der Waals surface area contributed by atoms with E-state index >= 15 is 0 Å². The largest absolute Gasteiger partial charge is 0.461 e. The van der Waals surface area contributed by atoms with Crippen LogP contribution in [-0.4, -0.2) is 32.7 Å². The molecular formula is C39H73BO3Si. The molecule has 1 saturated heterocycles. The third kappa shape index (κ3) is 6.11. The first-order chi connectivity index (χ1) is 20.1. The Kier molecular flexibility index (Phi) is 9.62. The summed E-state index contributed by atoms with van der Waals surface area (Å²) < 4.78 is 21.1. The fraction of sp³-hybridized carbons (Fsp3) is 1.00. The fourth-order valence-electron chi connectivity index (χ4n) is 11.5. The van der Waals surface area contributed by atoms with Crippen LogP contribution in [0.2, 0.25) is 23.9 Å². The second kappa shape index (κ2) is 11.9. The van der Waals surface area contributed by atoms with E-state index in [1.807, 2.05) is 0 Å². The highest BCUT2D eigenvalue weighted by molar-refractivity contribution is 6.74. The molecule has 0 amide bonds. The van der Waals surface area contributed by atoms with Gasteiger partial charge in [-0.3, -0.25) is 0 Å². The van der Waals surface area contributed by atoms with Crippen molar-refractivity contribution in [3.05, 3.63) is 0 Å². The molecule has 4 aliphatic carbocycles. The van der Waals surface area contributed by atoms with Crippen LogP contribution in [0.1, 0.15) is 154 Å². The van der Waals surface area contributed by atoms with Crippen molar-refractivity contribution in [3.63, 3.8) is 0 Å². The molecule has 5 heteroatoms. The molecule has 5 fully saturated rings. The third-order valence-corrected chi connectivity index (χ3v) is 20.3. The van der Waals surface area contributed by atoms with E-state index in [0.29, 0.717) is 28.7 Å². The molecule has 1 heterocycles. The molecule has 0 radical (unpaired) electrons. The van der Waals surface area contributed by atoms with Crippen molar-refractivity contribution in [2.24, 2.45) is 52.3 Å².